The molecule has 122 valence electrons. The molecular weight excluding hydrogens is 278 g/mol. The normalized spacial score (nSPS) is 16.7. The smallest absolute Gasteiger partial charge is 0.224 e. The van der Waals surface area contributed by atoms with Gasteiger partial charge in [-0.3, -0.25) is 4.79 Å². The molecule has 0 fully saturated rings. The molecule has 0 heterocycles. The molecule has 0 saturated heterocycles. The summed E-state index contributed by atoms with van der Waals surface area (Å²) >= 11 is 0. The molecule has 1 amide bonds. The van der Waals surface area contributed by atoms with Crippen LogP contribution in [0, 0.1) is 0 Å². The van der Waals surface area contributed by atoms with Gasteiger partial charge in [-0.25, -0.2) is 0 Å². The molecular formula is C18H27NO3. The van der Waals surface area contributed by atoms with Gasteiger partial charge in [-0.15, -0.1) is 0 Å². The molecule has 1 aliphatic rings. The molecule has 1 aromatic carbocycles. The molecule has 1 unspecified atom stereocenters. The van der Waals surface area contributed by atoms with Crippen molar-refractivity contribution in [3.05, 3.63) is 34.9 Å². The Balaban J connectivity index is 1.99. The van der Waals surface area contributed by atoms with Crippen LogP contribution >= 0.6 is 0 Å². The number of hydrogen-bond donors (Lipinski definition) is 2. The molecule has 1 aromatic rings. The van der Waals surface area contributed by atoms with Gasteiger partial charge in [-0.2, -0.15) is 0 Å². The van der Waals surface area contributed by atoms with Crippen molar-refractivity contribution in [2.24, 2.45) is 0 Å². The highest BCUT2D eigenvalue weighted by Crippen LogP contribution is 2.22. The molecule has 0 radical (unpaired) electrons. The van der Waals surface area contributed by atoms with E-state index < -0.39 is 5.54 Å². The maximum atomic E-state index is 12.3. The highest BCUT2D eigenvalue weighted by molar-refractivity contribution is 5.79. The van der Waals surface area contributed by atoms with E-state index in [9.17, 15) is 4.79 Å². The molecule has 1 atom stereocenters. The lowest BCUT2D eigenvalue weighted by molar-refractivity contribution is -0.123. The number of aliphatic hydroxyl groups excluding tert-OH is 1. The third-order valence-electron chi connectivity index (χ3n) is 4.35. The Hall–Kier alpha value is -1.39. The number of methoxy groups -OCH3 is 1. The van der Waals surface area contributed by atoms with Crippen LogP contribution in [0.15, 0.2) is 18.2 Å². The highest BCUT2D eigenvalue weighted by atomic mass is 16.5. The maximum Gasteiger partial charge on any atom is 0.224 e. The van der Waals surface area contributed by atoms with Crippen LogP contribution in [-0.2, 0) is 28.8 Å². The average Bonchev–Trinajstić information content (AvgIpc) is 2.47. The zero-order valence-corrected chi connectivity index (χ0v) is 13.7. The number of benzene rings is 1. The molecule has 4 heteroatoms. The molecule has 0 aromatic heterocycles. The number of amides is 1. The van der Waals surface area contributed by atoms with Gasteiger partial charge < -0.3 is 15.2 Å². The van der Waals surface area contributed by atoms with Gasteiger partial charge in [0.25, 0.3) is 0 Å². The summed E-state index contributed by atoms with van der Waals surface area (Å²) in [6.45, 7) is 2.32. The van der Waals surface area contributed by atoms with Crippen LogP contribution < -0.4 is 5.32 Å². The minimum Gasteiger partial charge on any atom is -0.396 e. The van der Waals surface area contributed by atoms with E-state index in [1.807, 2.05) is 6.92 Å². The molecule has 0 spiro atoms. The van der Waals surface area contributed by atoms with Gasteiger partial charge in [0.2, 0.25) is 5.91 Å². The van der Waals surface area contributed by atoms with E-state index in [0.29, 0.717) is 19.4 Å². The van der Waals surface area contributed by atoms with Crippen LogP contribution in [0.1, 0.15) is 42.9 Å². The second-order valence-electron chi connectivity index (χ2n) is 6.50. The van der Waals surface area contributed by atoms with Crippen LogP contribution in [0.25, 0.3) is 0 Å². The van der Waals surface area contributed by atoms with Crippen molar-refractivity contribution in [2.45, 2.75) is 51.0 Å². The van der Waals surface area contributed by atoms with Gasteiger partial charge in [0.15, 0.2) is 0 Å². The molecule has 1 aliphatic carbocycles. The molecule has 2 N–H and O–H groups in total. The fourth-order valence-corrected chi connectivity index (χ4v) is 3.20. The Morgan fingerprint density at radius 3 is 2.73 bits per heavy atom. The molecule has 0 bridgehead atoms. The molecule has 2 rings (SSSR count). The molecule has 0 aliphatic heterocycles. The second kappa shape index (κ2) is 7.75. The van der Waals surface area contributed by atoms with Crippen molar-refractivity contribution >= 4 is 5.91 Å². The van der Waals surface area contributed by atoms with E-state index in [2.05, 4.69) is 23.5 Å². The van der Waals surface area contributed by atoms with Crippen molar-refractivity contribution in [1.82, 2.24) is 5.32 Å². The van der Waals surface area contributed by atoms with Crippen LogP contribution in [0.2, 0.25) is 0 Å². The largest absolute Gasteiger partial charge is 0.396 e. The number of ether oxygens (including phenoxy) is 1. The summed E-state index contributed by atoms with van der Waals surface area (Å²) in [5, 5.41) is 12.2. The Labute approximate surface area is 132 Å². The summed E-state index contributed by atoms with van der Waals surface area (Å²) in [6.07, 6.45) is 5.64. The lowest BCUT2D eigenvalue weighted by atomic mass is 9.90. The summed E-state index contributed by atoms with van der Waals surface area (Å²) in [7, 11) is 1.60. The predicted octanol–water partition coefficient (Wildman–Crippen LogP) is 2.01. The standard InChI is InChI=1S/C18H27NO3/c1-18(9-10-20,13-22-2)19-17(21)12-14-7-8-15-5-3-4-6-16(15)11-14/h7-8,11,20H,3-6,9-10,12-13H2,1-2H3,(H,19,21). The van der Waals surface area contributed by atoms with Gasteiger partial charge in [0, 0.05) is 13.7 Å². The average molecular weight is 305 g/mol. The summed E-state index contributed by atoms with van der Waals surface area (Å²) in [6, 6.07) is 6.40. The molecule has 4 nitrogen and oxygen atoms in total. The number of carbonyl (C=O) groups is 1. The van der Waals surface area contributed by atoms with Crippen molar-refractivity contribution < 1.29 is 14.6 Å². The Bertz CT molecular complexity index is 507. The monoisotopic (exact) mass is 305 g/mol. The van der Waals surface area contributed by atoms with E-state index in [0.717, 1.165) is 18.4 Å². The minimum atomic E-state index is -0.519. The lowest BCUT2D eigenvalue weighted by Gasteiger charge is -2.29. The number of aryl methyl sites for hydroxylation is 2. The predicted molar refractivity (Wildman–Crippen MR) is 86.9 cm³/mol. The summed E-state index contributed by atoms with van der Waals surface area (Å²) in [4.78, 5) is 12.3. The first-order valence-corrected chi connectivity index (χ1v) is 8.08. The Kier molecular flexibility index (Phi) is 5.98. The first-order chi connectivity index (χ1) is 10.6. The summed E-state index contributed by atoms with van der Waals surface area (Å²) in [5.74, 6) is -0.0243. The number of fused-ring (bicyclic) bond motifs is 1. The van der Waals surface area contributed by atoms with Gasteiger partial charge in [0.1, 0.15) is 0 Å². The first kappa shape index (κ1) is 17.0. The van der Waals surface area contributed by atoms with Gasteiger partial charge in [0.05, 0.1) is 18.6 Å². The fourth-order valence-electron chi connectivity index (χ4n) is 3.20. The minimum absolute atomic E-state index is 0.0243. The third kappa shape index (κ3) is 4.55. The number of carbonyl (C=O) groups excluding carboxylic acids is 1. The van der Waals surface area contributed by atoms with Crippen LogP contribution in [0.4, 0.5) is 0 Å². The number of nitrogens with one attached hydrogen (secondary N) is 1. The van der Waals surface area contributed by atoms with Crippen molar-refractivity contribution in [3.63, 3.8) is 0 Å². The van der Waals surface area contributed by atoms with Crippen molar-refractivity contribution in [1.29, 1.82) is 0 Å². The zero-order valence-electron chi connectivity index (χ0n) is 13.7. The number of aliphatic hydroxyl groups is 1. The van der Waals surface area contributed by atoms with Crippen LogP contribution in [-0.4, -0.2) is 36.9 Å². The number of rotatable bonds is 7. The molecule has 0 saturated carbocycles. The van der Waals surface area contributed by atoms with Gasteiger partial charge >= 0.3 is 0 Å². The summed E-state index contributed by atoms with van der Waals surface area (Å²) < 4.78 is 5.16. The molecule has 22 heavy (non-hydrogen) atoms. The lowest BCUT2D eigenvalue weighted by Crippen LogP contribution is -2.50. The zero-order chi connectivity index (χ0) is 16.0. The van der Waals surface area contributed by atoms with Crippen molar-refractivity contribution in [2.75, 3.05) is 20.3 Å². The van der Waals surface area contributed by atoms with Crippen LogP contribution in [0.5, 0.6) is 0 Å². The third-order valence-corrected chi connectivity index (χ3v) is 4.35. The van der Waals surface area contributed by atoms with E-state index in [1.54, 1.807) is 7.11 Å². The van der Waals surface area contributed by atoms with Gasteiger partial charge in [-0.05, 0) is 55.7 Å². The fraction of sp³-hybridized carbons (Fsp3) is 0.611. The second-order valence-corrected chi connectivity index (χ2v) is 6.50. The van der Waals surface area contributed by atoms with E-state index >= 15 is 0 Å². The Morgan fingerprint density at radius 1 is 1.32 bits per heavy atom. The van der Waals surface area contributed by atoms with E-state index in [4.69, 9.17) is 9.84 Å². The van der Waals surface area contributed by atoms with E-state index in [-0.39, 0.29) is 12.5 Å². The first-order valence-electron chi connectivity index (χ1n) is 8.08. The van der Waals surface area contributed by atoms with E-state index in [1.165, 1.54) is 24.0 Å². The highest BCUT2D eigenvalue weighted by Gasteiger charge is 2.25. The topological polar surface area (TPSA) is 58.6 Å². The van der Waals surface area contributed by atoms with Gasteiger partial charge in [-0.1, -0.05) is 18.2 Å². The maximum absolute atomic E-state index is 12.3. The number of hydrogen-bond acceptors (Lipinski definition) is 3. The quantitative estimate of drug-likeness (QED) is 0.810. The van der Waals surface area contributed by atoms with Crippen molar-refractivity contribution in [3.8, 4) is 0 Å². The Morgan fingerprint density at radius 2 is 2.05 bits per heavy atom. The SMILES string of the molecule is COCC(C)(CCO)NC(=O)Cc1ccc2c(c1)CCCC2. The summed E-state index contributed by atoms with van der Waals surface area (Å²) in [5.41, 5.74) is 3.36. The van der Waals surface area contributed by atoms with Crippen LogP contribution in [0.3, 0.4) is 0 Å².